The van der Waals surface area contributed by atoms with E-state index < -0.39 is 19.9 Å². The lowest BCUT2D eigenvalue weighted by Gasteiger charge is -2.36. The number of hydrogen-bond acceptors (Lipinski definition) is 7. The van der Waals surface area contributed by atoms with Crippen LogP contribution in [0.5, 0.6) is 17.2 Å². The molecule has 0 bridgehead atoms. The average molecular weight is 467 g/mol. The molecule has 7 nitrogen and oxygen atoms in total. The predicted molar refractivity (Wildman–Crippen MR) is 127 cm³/mol. The fraction of sp³-hybridized carbons (Fsp3) is 0.320. The van der Waals surface area contributed by atoms with E-state index in [4.69, 9.17) is 13.6 Å². The molecule has 1 heterocycles. The number of phenolic OH excluding ortho intramolecular Hbond substituents is 1. The number of ether oxygens (including phenoxy) is 1. The minimum absolute atomic E-state index is 0.0284. The van der Waals surface area contributed by atoms with Gasteiger partial charge in [-0.05, 0) is 37.2 Å². The Morgan fingerprint density at radius 1 is 0.939 bits per heavy atom. The Balaban J connectivity index is 1.97. The first-order valence-corrected chi connectivity index (χ1v) is 13.5. The molecule has 0 saturated carbocycles. The number of rotatable bonds is 3. The number of aromatic hydroxyl groups is 1. The predicted octanol–water partition coefficient (Wildman–Crippen LogP) is 4.98. The number of ketones is 2. The van der Waals surface area contributed by atoms with E-state index in [-0.39, 0.29) is 60.9 Å². The summed E-state index contributed by atoms with van der Waals surface area (Å²) in [5.41, 5.74) is -0.517. The fourth-order valence-electron chi connectivity index (χ4n) is 3.78. The smallest absolute Gasteiger partial charge is 0.250 e. The first kappa shape index (κ1) is 22.8. The van der Waals surface area contributed by atoms with Crippen LogP contribution in [0.1, 0.15) is 58.4 Å². The normalized spacial score (nSPS) is 13.7. The Bertz CT molecular complexity index is 1410. The summed E-state index contributed by atoms with van der Waals surface area (Å²) in [7, 11) is -0.890. The van der Waals surface area contributed by atoms with E-state index in [1.807, 2.05) is 13.1 Å². The summed E-state index contributed by atoms with van der Waals surface area (Å²) in [4.78, 5) is 39.7. The molecule has 0 saturated heterocycles. The summed E-state index contributed by atoms with van der Waals surface area (Å²) in [6.07, 6.45) is 0. The van der Waals surface area contributed by atoms with Crippen LogP contribution in [0.25, 0.3) is 11.0 Å². The summed E-state index contributed by atoms with van der Waals surface area (Å²) in [5.74, 6) is -0.685. The van der Waals surface area contributed by atoms with Gasteiger partial charge >= 0.3 is 0 Å². The molecule has 2 aromatic carbocycles. The molecular formula is C25H26O7Si. The van der Waals surface area contributed by atoms with E-state index in [1.165, 1.54) is 31.4 Å². The number of fused-ring (bicyclic) bond motifs is 4. The van der Waals surface area contributed by atoms with E-state index >= 15 is 0 Å². The van der Waals surface area contributed by atoms with Crippen LogP contribution >= 0.6 is 0 Å². The lowest BCUT2D eigenvalue weighted by Crippen LogP contribution is -2.43. The van der Waals surface area contributed by atoms with E-state index in [9.17, 15) is 19.5 Å². The fourth-order valence-corrected chi connectivity index (χ4v) is 4.79. The third-order valence-corrected chi connectivity index (χ3v) is 10.9. The summed E-state index contributed by atoms with van der Waals surface area (Å²) in [6.45, 7) is 11.9. The number of aryl methyl sites for hydroxylation is 1. The zero-order valence-corrected chi connectivity index (χ0v) is 20.7. The van der Waals surface area contributed by atoms with Crippen molar-refractivity contribution >= 4 is 30.9 Å². The highest BCUT2D eigenvalue weighted by molar-refractivity contribution is 6.74. The second-order valence-corrected chi connectivity index (χ2v) is 14.5. The molecule has 1 aromatic heterocycles. The Kier molecular flexibility index (Phi) is 5.05. The molecule has 3 aromatic rings. The molecular weight excluding hydrogens is 440 g/mol. The summed E-state index contributed by atoms with van der Waals surface area (Å²) >= 11 is 0. The first-order valence-electron chi connectivity index (χ1n) is 10.6. The quantitative estimate of drug-likeness (QED) is 0.425. The van der Waals surface area contributed by atoms with Gasteiger partial charge in [-0.3, -0.25) is 14.4 Å². The number of methoxy groups -OCH3 is 1. The minimum Gasteiger partial charge on any atom is -0.543 e. The lowest BCUT2D eigenvalue weighted by atomic mass is 9.82. The van der Waals surface area contributed by atoms with E-state index in [2.05, 4.69) is 20.8 Å². The van der Waals surface area contributed by atoms with Gasteiger partial charge in [-0.2, -0.15) is 0 Å². The molecule has 0 fully saturated rings. The number of carbonyl (C=O) groups is 2. The van der Waals surface area contributed by atoms with Crippen LogP contribution in [-0.4, -0.2) is 32.1 Å². The Labute approximate surface area is 192 Å². The van der Waals surface area contributed by atoms with E-state index in [1.54, 1.807) is 6.92 Å². The van der Waals surface area contributed by atoms with Crippen LogP contribution < -0.4 is 14.6 Å². The van der Waals surface area contributed by atoms with Gasteiger partial charge in [0.05, 0.1) is 18.2 Å². The van der Waals surface area contributed by atoms with Crippen molar-refractivity contribution in [3.63, 3.8) is 0 Å². The largest absolute Gasteiger partial charge is 0.543 e. The SMILES string of the molecule is COc1cc2c(c3oc(C)cc(=O)c13)C(=O)c1c(O)cc(O[Si](C)(C)C(C)(C)C)cc1C2=O. The molecule has 1 N–H and O–H groups in total. The Morgan fingerprint density at radius 3 is 2.18 bits per heavy atom. The van der Waals surface area contributed by atoms with Crippen molar-refractivity contribution in [1.29, 1.82) is 0 Å². The van der Waals surface area contributed by atoms with Crippen LogP contribution in [0, 0.1) is 6.92 Å². The van der Waals surface area contributed by atoms with Gasteiger partial charge in [0.25, 0.3) is 0 Å². The zero-order valence-electron chi connectivity index (χ0n) is 19.7. The number of benzene rings is 2. The molecule has 0 radical (unpaired) electrons. The highest BCUT2D eigenvalue weighted by Gasteiger charge is 2.41. The average Bonchev–Trinajstić information content (AvgIpc) is 2.68. The standard InChI is InChI=1S/C25H26O7Si/c1-12-8-16(26)21-18(30-5)11-15-20(24(21)31-12)23(29)19-14(22(15)28)9-13(10-17(19)27)32-33(6,7)25(2,3)4/h8-11,27H,1-7H3. The number of phenols is 1. The second kappa shape index (κ2) is 7.31. The highest BCUT2D eigenvalue weighted by Crippen LogP contribution is 2.43. The monoisotopic (exact) mass is 466 g/mol. The van der Waals surface area contributed by atoms with Gasteiger partial charge in [-0.15, -0.1) is 0 Å². The van der Waals surface area contributed by atoms with Crippen LogP contribution in [0.15, 0.2) is 33.5 Å². The summed E-state index contributed by atoms with van der Waals surface area (Å²) in [5, 5.41) is 10.7. The van der Waals surface area contributed by atoms with Crippen molar-refractivity contribution in [2.24, 2.45) is 0 Å². The van der Waals surface area contributed by atoms with Gasteiger partial charge < -0.3 is 18.7 Å². The minimum atomic E-state index is -2.27. The van der Waals surface area contributed by atoms with Crippen molar-refractivity contribution < 1.29 is 28.3 Å². The van der Waals surface area contributed by atoms with E-state index in [0.29, 0.717) is 5.75 Å². The summed E-state index contributed by atoms with van der Waals surface area (Å²) < 4.78 is 17.3. The Morgan fingerprint density at radius 2 is 1.58 bits per heavy atom. The highest BCUT2D eigenvalue weighted by atomic mass is 28.4. The third-order valence-electron chi connectivity index (χ3n) is 6.52. The topological polar surface area (TPSA) is 103 Å². The van der Waals surface area contributed by atoms with Gasteiger partial charge in [-0.1, -0.05) is 20.8 Å². The maximum absolute atomic E-state index is 13.5. The lowest BCUT2D eigenvalue weighted by molar-refractivity contribution is 0.0976. The van der Waals surface area contributed by atoms with Gasteiger partial charge in [0.2, 0.25) is 14.1 Å². The van der Waals surface area contributed by atoms with E-state index in [0.717, 1.165) is 0 Å². The van der Waals surface area contributed by atoms with Gasteiger partial charge in [-0.25, -0.2) is 0 Å². The Hall–Kier alpha value is -3.39. The van der Waals surface area contributed by atoms with Crippen molar-refractivity contribution in [2.45, 2.75) is 45.8 Å². The molecule has 1 aliphatic carbocycles. The zero-order chi connectivity index (χ0) is 24.5. The van der Waals surface area contributed by atoms with Crippen molar-refractivity contribution in [3.05, 3.63) is 62.5 Å². The van der Waals surface area contributed by atoms with Crippen LogP contribution in [-0.2, 0) is 0 Å². The molecule has 0 aliphatic heterocycles. The second-order valence-electron chi connectivity index (χ2n) is 9.81. The molecule has 172 valence electrons. The van der Waals surface area contributed by atoms with Crippen LogP contribution in [0.3, 0.4) is 0 Å². The number of hydrogen-bond donors (Lipinski definition) is 1. The third kappa shape index (κ3) is 3.45. The van der Waals surface area contributed by atoms with Crippen LogP contribution in [0.2, 0.25) is 18.1 Å². The van der Waals surface area contributed by atoms with Gasteiger partial charge in [0.15, 0.2) is 16.8 Å². The first-order chi connectivity index (χ1) is 15.3. The van der Waals surface area contributed by atoms with Crippen molar-refractivity contribution in [2.75, 3.05) is 7.11 Å². The van der Waals surface area contributed by atoms with Crippen LogP contribution in [0.4, 0.5) is 0 Å². The van der Waals surface area contributed by atoms with Crippen molar-refractivity contribution in [1.82, 2.24) is 0 Å². The molecule has 0 spiro atoms. The molecule has 0 atom stereocenters. The molecule has 0 unspecified atom stereocenters. The molecule has 8 heteroatoms. The van der Waals surface area contributed by atoms with Crippen molar-refractivity contribution in [3.8, 4) is 17.2 Å². The molecule has 0 amide bonds. The molecule has 1 aliphatic rings. The maximum Gasteiger partial charge on any atom is 0.250 e. The number of carbonyl (C=O) groups excluding carboxylic acids is 2. The van der Waals surface area contributed by atoms with Gasteiger partial charge in [0.1, 0.15) is 28.4 Å². The maximum atomic E-state index is 13.5. The molecule has 33 heavy (non-hydrogen) atoms. The summed E-state index contributed by atoms with van der Waals surface area (Å²) in [6, 6.07) is 5.54. The molecule has 4 rings (SSSR count). The van der Waals surface area contributed by atoms with Gasteiger partial charge in [0, 0.05) is 23.3 Å².